The zero-order valence-corrected chi connectivity index (χ0v) is 8.82. The molecule has 12 heavy (non-hydrogen) atoms. The molecule has 2 unspecified atom stereocenters. The van der Waals surface area contributed by atoms with E-state index in [2.05, 4.69) is 13.8 Å². The third-order valence-corrected chi connectivity index (χ3v) is 3.99. The Bertz CT molecular complexity index is 150. The third-order valence-electron chi connectivity index (χ3n) is 2.60. The predicted octanol–water partition coefficient (Wildman–Crippen LogP) is 2.89. The van der Waals surface area contributed by atoms with E-state index in [4.69, 9.17) is 0 Å². The highest BCUT2D eigenvalue weighted by atomic mass is 32.2. The Balaban J connectivity index is 2.39. The van der Waals surface area contributed by atoms with Crippen LogP contribution in [-0.2, 0) is 4.79 Å². The van der Waals surface area contributed by atoms with Gasteiger partial charge in [-0.2, -0.15) is 11.8 Å². The number of hydrogen-bond acceptors (Lipinski definition) is 2. The number of rotatable bonds is 3. The van der Waals surface area contributed by atoms with Crippen molar-refractivity contribution in [2.24, 2.45) is 5.92 Å². The number of ketones is 1. The number of hydrogen-bond donors (Lipinski definition) is 0. The molecule has 0 N–H and O–H groups in total. The lowest BCUT2D eigenvalue weighted by Crippen LogP contribution is -2.26. The van der Waals surface area contributed by atoms with E-state index in [0.717, 1.165) is 12.8 Å². The van der Waals surface area contributed by atoms with Crippen LogP contribution in [0.15, 0.2) is 0 Å². The van der Waals surface area contributed by atoms with Crippen LogP contribution >= 0.6 is 11.8 Å². The van der Waals surface area contributed by atoms with Crippen molar-refractivity contribution in [1.29, 1.82) is 0 Å². The molecule has 1 aliphatic rings. The summed E-state index contributed by atoms with van der Waals surface area (Å²) in [7, 11) is 0. The van der Waals surface area contributed by atoms with Crippen LogP contribution in [-0.4, -0.2) is 16.8 Å². The van der Waals surface area contributed by atoms with Crippen LogP contribution in [0.3, 0.4) is 0 Å². The number of carbonyl (C=O) groups is 1. The average Bonchev–Trinajstić information content (AvgIpc) is 2.17. The summed E-state index contributed by atoms with van der Waals surface area (Å²) in [6, 6.07) is 0. The molecule has 2 atom stereocenters. The first-order valence-corrected chi connectivity index (χ1v) is 5.96. The van der Waals surface area contributed by atoms with Crippen molar-refractivity contribution in [2.75, 3.05) is 5.75 Å². The zero-order valence-electron chi connectivity index (χ0n) is 8.01. The molecule has 1 fully saturated rings. The summed E-state index contributed by atoms with van der Waals surface area (Å²) in [5.41, 5.74) is 0. The Morgan fingerprint density at radius 2 is 2.33 bits per heavy atom. The van der Waals surface area contributed by atoms with E-state index >= 15 is 0 Å². The number of Topliss-reactive ketones (excluding diaryl/α,β-unsaturated/α-hetero) is 1. The summed E-state index contributed by atoms with van der Waals surface area (Å²) in [4.78, 5) is 11.7. The Morgan fingerprint density at radius 3 is 2.83 bits per heavy atom. The normalized spacial score (nSPS) is 26.7. The van der Waals surface area contributed by atoms with Crippen molar-refractivity contribution >= 4 is 17.5 Å². The van der Waals surface area contributed by atoms with Gasteiger partial charge in [-0.3, -0.25) is 4.79 Å². The largest absolute Gasteiger partial charge is 0.298 e. The molecule has 0 aromatic heterocycles. The van der Waals surface area contributed by atoms with Gasteiger partial charge >= 0.3 is 0 Å². The zero-order chi connectivity index (χ0) is 8.97. The summed E-state index contributed by atoms with van der Waals surface area (Å²) < 4.78 is 0. The topological polar surface area (TPSA) is 17.1 Å². The van der Waals surface area contributed by atoms with Crippen LogP contribution in [0.4, 0.5) is 0 Å². The maximum atomic E-state index is 11.7. The van der Waals surface area contributed by atoms with E-state index in [0.29, 0.717) is 11.0 Å². The lowest BCUT2D eigenvalue weighted by atomic mass is 9.98. The SMILES string of the molecule is CCC(C)C(=O)C1CCCCS1. The second-order valence-electron chi connectivity index (χ2n) is 3.57. The molecule has 70 valence electrons. The first kappa shape index (κ1) is 10.1. The summed E-state index contributed by atoms with van der Waals surface area (Å²) in [6.45, 7) is 4.15. The Morgan fingerprint density at radius 1 is 1.58 bits per heavy atom. The Kier molecular flexibility index (Phi) is 4.13. The fourth-order valence-electron chi connectivity index (χ4n) is 1.48. The molecule has 0 amide bonds. The van der Waals surface area contributed by atoms with Crippen LogP contribution < -0.4 is 0 Å². The highest BCUT2D eigenvalue weighted by molar-refractivity contribution is 8.00. The number of carbonyl (C=O) groups excluding carboxylic acids is 1. The van der Waals surface area contributed by atoms with Gasteiger partial charge in [-0.05, 0) is 25.0 Å². The molecule has 0 saturated carbocycles. The van der Waals surface area contributed by atoms with Gasteiger partial charge in [0.15, 0.2) is 0 Å². The van der Waals surface area contributed by atoms with Crippen LogP contribution in [0, 0.1) is 5.92 Å². The van der Waals surface area contributed by atoms with Crippen molar-refractivity contribution in [3.05, 3.63) is 0 Å². The molecule has 1 rings (SSSR count). The molecule has 1 nitrogen and oxygen atoms in total. The van der Waals surface area contributed by atoms with E-state index in [1.807, 2.05) is 11.8 Å². The van der Waals surface area contributed by atoms with E-state index in [1.54, 1.807) is 0 Å². The van der Waals surface area contributed by atoms with Gasteiger partial charge in [-0.15, -0.1) is 0 Å². The van der Waals surface area contributed by atoms with E-state index < -0.39 is 0 Å². The Labute approximate surface area is 79.3 Å². The molecule has 1 aliphatic heterocycles. The highest BCUT2D eigenvalue weighted by Gasteiger charge is 2.24. The molecule has 0 spiro atoms. The van der Waals surface area contributed by atoms with E-state index in [9.17, 15) is 4.79 Å². The Hall–Kier alpha value is 0.0200. The average molecular weight is 186 g/mol. The molecule has 1 heterocycles. The first-order chi connectivity index (χ1) is 5.75. The lowest BCUT2D eigenvalue weighted by molar-refractivity contribution is -0.122. The third kappa shape index (κ3) is 2.51. The standard InChI is InChI=1S/C10H18OS/c1-3-8(2)10(11)9-6-4-5-7-12-9/h8-9H,3-7H2,1-2H3. The molecular weight excluding hydrogens is 168 g/mol. The summed E-state index contributed by atoms with van der Waals surface area (Å²) >= 11 is 1.87. The van der Waals surface area contributed by atoms with Crippen molar-refractivity contribution < 1.29 is 4.79 Å². The fourth-order valence-corrected chi connectivity index (χ4v) is 2.87. The molecule has 1 saturated heterocycles. The van der Waals surface area contributed by atoms with Gasteiger partial charge in [0.2, 0.25) is 0 Å². The lowest BCUT2D eigenvalue weighted by Gasteiger charge is -2.22. The van der Waals surface area contributed by atoms with Gasteiger partial charge in [0.1, 0.15) is 5.78 Å². The fraction of sp³-hybridized carbons (Fsp3) is 0.900. The van der Waals surface area contributed by atoms with Crippen LogP contribution in [0.25, 0.3) is 0 Å². The van der Waals surface area contributed by atoms with Crippen LogP contribution in [0.5, 0.6) is 0 Å². The number of thioether (sulfide) groups is 1. The first-order valence-electron chi connectivity index (χ1n) is 4.91. The minimum atomic E-state index is 0.278. The van der Waals surface area contributed by atoms with Crippen molar-refractivity contribution in [3.8, 4) is 0 Å². The highest BCUT2D eigenvalue weighted by Crippen LogP contribution is 2.28. The van der Waals surface area contributed by atoms with Gasteiger partial charge in [0.05, 0.1) is 5.25 Å². The molecule has 0 bridgehead atoms. The van der Waals surface area contributed by atoms with Gasteiger partial charge in [-0.25, -0.2) is 0 Å². The van der Waals surface area contributed by atoms with Crippen molar-refractivity contribution in [1.82, 2.24) is 0 Å². The van der Waals surface area contributed by atoms with Crippen LogP contribution in [0.2, 0.25) is 0 Å². The van der Waals surface area contributed by atoms with Crippen LogP contribution in [0.1, 0.15) is 39.5 Å². The molecule has 2 heteroatoms. The monoisotopic (exact) mass is 186 g/mol. The van der Waals surface area contributed by atoms with Crippen molar-refractivity contribution in [3.63, 3.8) is 0 Å². The summed E-state index contributed by atoms with van der Waals surface area (Å²) in [5, 5.41) is 0.327. The van der Waals surface area contributed by atoms with Gasteiger partial charge in [0, 0.05) is 5.92 Å². The minimum absolute atomic E-state index is 0.278. The minimum Gasteiger partial charge on any atom is -0.298 e. The van der Waals surface area contributed by atoms with Crippen molar-refractivity contribution in [2.45, 2.75) is 44.8 Å². The second-order valence-corrected chi connectivity index (χ2v) is 4.88. The quantitative estimate of drug-likeness (QED) is 0.674. The molecule has 0 aromatic carbocycles. The van der Waals surface area contributed by atoms with Gasteiger partial charge in [0.25, 0.3) is 0 Å². The van der Waals surface area contributed by atoms with Gasteiger partial charge < -0.3 is 0 Å². The summed E-state index contributed by atoms with van der Waals surface area (Å²) in [5.74, 6) is 1.95. The van der Waals surface area contributed by atoms with Gasteiger partial charge in [-0.1, -0.05) is 20.3 Å². The molecule has 0 radical (unpaired) electrons. The smallest absolute Gasteiger partial charge is 0.148 e. The predicted molar refractivity (Wildman–Crippen MR) is 54.6 cm³/mol. The maximum Gasteiger partial charge on any atom is 0.148 e. The second kappa shape index (κ2) is 4.90. The maximum absolute atomic E-state index is 11.7. The van der Waals surface area contributed by atoms with E-state index in [1.165, 1.54) is 18.6 Å². The molecular formula is C10H18OS. The molecule has 0 aliphatic carbocycles. The summed E-state index contributed by atoms with van der Waals surface area (Å²) in [6.07, 6.45) is 4.67. The van der Waals surface area contributed by atoms with E-state index in [-0.39, 0.29) is 5.92 Å². The molecule has 0 aromatic rings.